The van der Waals surface area contributed by atoms with Gasteiger partial charge in [0.25, 0.3) is 5.91 Å². The fourth-order valence-electron chi connectivity index (χ4n) is 2.69. The summed E-state index contributed by atoms with van der Waals surface area (Å²) in [7, 11) is 0. The van der Waals surface area contributed by atoms with Crippen LogP contribution in [0.1, 0.15) is 29.8 Å². The molecular weight excluding hydrogens is 252 g/mol. The van der Waals surface area contributed by atoms with Crippen LogP contribution in [0.15, 0.2) is 34.7 Å². The van der Waals surface area contributed by atoms with E-state index in [1.54, 1.807) is 6.07 Å². The molecule has 1 N–H and O–H groups in total. The second-order valence-electron chi connectivity index (χ2n) is 5.31. The summed E-state index contributed by atoms with van der Waals surface area (Å²) in [6.07, 6.45) is 3.89. The van der Waals surface area contributed by atoms with Gasteiger partial charge < -0.3 is 14.6 Å². The first-order chi connectivity index (χ1) is 9.83. The first-order valence-corrected chi connectivity index (χ1v) is 7.32. The van der Waals surface area contributed by atoms with Crippen molar-refractivity contribution in [2.24, 2.45) is 0 Å². The first kappa shape index (κ1) is 13.2. The van der Waals surface area contributed by atoms with Crippen molar-refractivity contribution < 1.29 is 9.21 Å². The third-order valence-corrected chi connectivity index (χ3v) is 3.81. The third kappa shape index (κ3) is 3.02. The molecule has 2 aromatic rings. The number of nitrogens with zero attached hydrogens (tertiary/aromatic N) is 1. The van der Waals surface area contributed by atoms with Crippen LogP contribution in [0.5, 0.6) is 0 Å². The molecule has 1 aliphatic heterocycles. The Hall–Kier alpha value is -1.81. The standard InChI is InChI=1S/C16H20N2O2/c19-16(17-8-11-18-9-4-1-5-10-18)15-12-13-6-2-3-7-14(13)20-15/h2-3,6-7,12H,1,4-5,8-11H2,(H,17,19). The molecule has 1 saturated heterocycles. The molecule has 1 aromatic heterocycles. The van der Waals surface area contributed by atoms with Gasteiger partial charge in [-0.25, -0.2) is 0 Å². The summed E-state index contributed by atoms with van der Waals surface area (Å²) in [5, 5.41) is 3.90. The molecule has 1 aromatic carbocycles. The molecule has 0 radical (unpaired) electrons. The molecule has 1 aliphatic rings. The number of nitrogens with one attached hydrogen (secondary N) is 1. The second kappa shape index (κ2) is 6.09. The van der Waals surface area contributed by atoms with Crippen LogP contribution in [-0.2, 0) is 0 Å². The largest absolute Gasteiger partial charge is 0.451 e. The van der Waals surface area contributed by atoms with E-state index in [0.717, 1.165) is 30.6 Å². The van der Waals surface area contributed by atoms with Gasteiger partial charge in [-0.3, -0.25) is 4.79 Å². The Balaban J connectivity index is 1.53. The molecule has 20 heavy (non-hydrogen) atoms. The molecule has 0 bridgehead atoms. The van der Waals surface area contributed by atoms with Gasteiger partial charge in [0.05, 0.1) is 0 Å². The van der Waals surface area contributed by atoms with Crippen molar-refractivity contribution in [2.75, 3.05) is 26.2 Å². The van der Waals surface area contributed by atoms with Crippen molar-refractivity contribution in [3.63, 3.8) is 0 Å². The number of hydrogen-bond donors (Lipinski definition) is 1. The normalized spacial score (nSPS) is 16.4. The molecule has 1 fully saturated rings. The maximum Gasteiger partial charge on any atom is 0.287 e. The smallest absolute Gasteiger partial charge is 0.287 e. The summed E-state index contributed by atoms with van der Waals surface area (Å²) in [5.74, 6) is 0.267. The highest BCUT2D eigenvalue weighted by Gasteiger charge is 2.13. The highest BCUT2D eigenvalue weighted by atomic mass is 16.3. The maximum atomic E-state index is 12.0. The van der Waals surface area contributed by atoms with Crippen LogP contribution in [0.25, 0.3) is 11.0 Å². The van der Waals surface area contributed by atoms with Crippen LogP contribution < -0.4 is 5.32 Å². The highest BCUT2D eigenvalue weighted by Crippen LogP contribution is 2.18. The number of piperidine rings is 1. The minimum absolute atomic E-state index is 0.127. The Labute approximate surface area is 118 Å². The van der Waals surface area contributed by atoms with E-state index in [4.69, 9.17) is 4.42 Å². The Morgan fingerprint density at radius 3 is 2.80 bits per heavy atom. The molecule has 106 valence electrons. The quantitative estimate of drug-likeness (QED) is 0.930. The zero-order chi connectivity index (χ0) is 13.8. The number of fused-ring (bicyclic) bond motifs is 1. The van der Waals surface area contributed by atoms with Crippen molar-refractivity contribution in [1.82, 2.24) is 10.2 Å². The molecule has 1 amide bonds. The lowest BCUT2D eigenvalue weighted by Crippen LogP contribution is -2.37. The van der Waals surface area contributed by atoms with Gasteiger partial charge >= 0.3 is 0 Å². The van der Waals surface area contributed by atoms with Gasteiger partial charge in [0.1, 0.15) is 5.58 Å². The number of carbonyl (C=O) groups is 1. The SMILES string of the molecule is O=C(NCCN1CCCCC1)c1cc2ccccc2o1. The van der Waals surface area contributed by atoms with E-state index in [0.29, 0.717) is 12.3 Å². The summed E-state index contributed by atoms with van der Waals surface area (Å²) in [5.41, 5.74) is 0.758. The lowest BCUT2D eigenvalue weighted by molar-refractivity contribution is 0.0921. The predicted octanol–water partition coefficient (Wildman–Crippen LogP) is 2.65. The van der Waals surface area contributed by atoms with E-state index in [1.165, 1.54) is 19.3 Å². The molecule has 2 heterocycles. The zero-order valence-corrected chi connectivity index (χ0v) is 11.6. The molecular formula is C16H20N2O2. The van der Waals surface area contributed by atoms with Crippen molar-refractivity contribution in [1.29, 1.82) is 0 Å². The minimum atomic E-state index is -0.127. The lowest BCUT2D eigenvalue weighted by Gasteiger charge is -2.26. The van der Waals surface area contributed by atoms with Crippen LogP contribution in [0.4, 0.5) is 0 Å². The summed E-state index contributed by atoms with van der Waals surface area (Å²) in [6, 6.07) is 9.47. The summed E-state index contributed by atoms with van der Waals surface area (Å²) >= 11 is 0. The molecule has 0 atom stereocenters. The Morgan fingerprint density at radius 2 is 2.00 bits per heavy atom. The Kier molecular flexibility index (Phi) is 4.02. The Bertz CT molecular complexity index is 552. The first-order valence-electron chi connectivity index (χ1n) is 7.32. The van der Waals surface area contributed by atoms with Gasteiger partial charge in [0.15, 0.2) is 5.76 Å². The molecule has 0 spiro atoms. The van der Waals surface area contributed by atoms with Crippen LogP contribution in [0.2, 0.25) is 0 Å². The predicted molar refractivity (Wildman–Crippen MR) is 78.8 cm³/mol. The summed E-state index contributed by atoms with van der Waals surface area (Å²) in [6.45, 7) is 3.91. The topological polar surface area (TPSA) is 45.5 Å². The molecule has 0 aliphatic carbocycles. The monoisotopic (exact) mass is 272 g/mol. The van der Waals surface area contributed by atoms with Gasteiger partial charge in [-0.2, -0.15) is 0 Å². The van der Waals surface area contributed by atoms with Crippen LogP contribution in [0, 0.1) is 0 Å². The molecule has 0 saturated carbocycles. The number of benzene rings is 1. The summed E-state index contributed by atoms with van der Waals surface area (Å²) in [4.78, 5) is 14.4. The van der Waals surface area contributed by atoms with Crippen molar-refractivity contribution in [2.45, 2.75) is 19.3 Å². The van der Waals surface area contributed by atoms with Crippen LogP contribution in [-0.4, -0.2) is 37.0 Å². The average molecular weight is 272 g/mol. The summed E-state index contributed by atoms with van der Waals surface area (Å²) < 4.78 is 5.55. The van der Waals surface area contributed by atoms with Crippen LogP contribution >= 0.6 is 0 Å². The molecule has 0 unspecified atom stereocenters. The fourth-order valence-corrected chi connectivity index (χ4v) is 2.69. The van der Waals surface area contributed by atoms with E-state index in [1.807, 2.05) is 24.3 Å². The molecule has 4 nitrogen and oxygen atoms in total. The zero-order valence-electron chi connectivity index (χ0n) is 11.6. The van der Waals surface area contributed by atoms with Gasteiger partial charge in [-0.05, 0) is 38.1 Å². The van der Waals surface area contributed by atoms with Gasteiger partial charge in [0.2, 0.25) is 0 Å². The number of likely N-dealkylation sites (tertiary alicyclic amines) is 1. The Morgan fingerprint density at radius 1 is 1.20 bits per heavy atom. The second-order valence-corrected chi connectivity index (χ2v) is 5.31. The van der Waals surface area contributed by atoms with Crippen molar-refractivity contribution in [3.05, 3.63) is 36.1 Å². The number of rotatable bonds is 4. The van der Waals surface area contributed by atoms with Gasteiger partial charge in [0, 0.05) is 18.5 Å². The number of carbonyl (C=O) groups excluding carboxylic acids is 1. The van der Waals surface area contributed by atoms with Crippen molar-refractivity contribution in [3.8, 4) is 0 Å². The lowest BCUT2D eigenvalue weighted by atomic mass is 10.1. The van der Waals surface area contributed by atoms with E-state index in [2.05, 4.69) is 10.2 Å². The number of furan rings is 1. The molecule has 4 heteroatoms. The van der Waals surface area contributed by atoms with Gasteiger partial charge in [-0.1, -0.05) is 24.6 Å². The van der Waals surface area contributed by atoms with Crippen molar-refractivity contribution >= 4 is 16.9 Å². The third-order valence-electron chi connectivity index (χ3n) is 3.81. The van der Waals surface area contributed by atoms with E-state index in [-0.39, 0.29) is 5.91 Å². The minimum Gasteiger partial charge on any atom is -0.451 e. The van der Waals surface area contributed by atoms with Crippen LogP contribution in [0.3, 0.4) is 0 Å². The molecule has 3 rings (SSSR count). The van der Waals surface area contributed by atoms with E-state index >= 15 is 0 Å². The number of para-hydroxylation sites is 1. The number of amides is 1. The maximum absolute atomic E-state index is 12.0. The van der Waals surface area contributed by atoms with Gasteiger partial charge in [-0.15, -0.1) is 0 Å². The van der Waals surface area contributed by atoms with E-state index in [9.17, 15) is 4.79 Å². The van der Waals surface area contributed by atoms with E-state index < -0.39 is 0 Å². The number of hydrogen-bond acceptors (Lipinski definition) is 3. The average Bonchev–Trinajstić information content (AvgIpc) is 2.92. The fraction of sp³-hybridized carbons (Fsp3) is 0.438. The highest BCUT2D eigenvalue weighted by molar-refractivity contribution is 5.96.